The lowest BCUT2D eigenvalue weighted by atomic mass is 10.2. The first-order valence-electron chi connectivity index (χ1n) is 4.91. The Morgan fingerprint density at radius 3 is 2.76 bits per heavy atom. The van der Waals surface area contributed by atoms with Crippen molar-refractivity contribution in [2.75, 3.05) is 5.73 Å². The van der Waals surface area contributed by atoms with Crippen LogP contribution in [0.25, 0.3) is 0 Å². The number of aromatic nitrogens is 1. The number of hydrogen-bond acceptors (Lipinski definition) is 3. The zero-order valence-electron chi connectivity index (χ0n) is 9.08. The topological polar surface area (TPSA) is 48.1 Å². The number of benzene rings is 1. The number of nitrogens with two attached hydrogens (primary N) is 1. The predicted octanol–water partition coefficient (Wildman–Crippen LogP) is 3.56. The second kappa shape index (κ2) is 4.59. The number of anilines is 1. The third-order valence-corrected chi connectivity index (χ3v) is 2.35. The largest absolute Gasteiger partial charge is 0.439 e. The number of pyridine rings is 1. The highest BCUT2D eigenvalue weighted by molar-refractivity contribution is 6.29. The van der Waals surface area contributed by atoms with Gasteiger partial charge in [0.1, 0.15) is 16.7 Å². The number of hydrogen-bond donors (Lipinski definition) is 1. The number of halogens is 2. The van der Waals surface area contributed by atoms with E-state index >= 15 is 0 Å². The Hall–Kier alpha value is -1.81. The fraction of sp³-hybridized carbons (Fsp3) is 0.0833. The van der Waals surface area contributed by atoms with E-state index in [4.69, 9.17) is 22.1 Å². The van der Waals surface area contributed by atoms with E-state index in [9.17, 15) is 4.39 Å². The van der Waals surface area contributed by atoms with Gasteiger partial charge >= 0.3 is 0 Å². The van der Waals surface area contributed by atoms with Crippen LogP contribution in [0.3, 0.4) is 0 Å². The zero-order valence-corrected chi connectivity index (χ0v) is 9.83. The molecule has 0 amide bonds. The molecule has 0 fully saturated rings. The van der Waals surface area contributed by atoms with Gasteiger partial charge in [0.2, 0.25) is 5.88 Å². The fourth-order valence-corrected chi connectivity index (χ4v) is 1.55. The quantitative estimate of drug-likeness (QED) is 0.832. The summed E-state index contributed by atoms with van der Waals surface area (Å²) < 4.78 is 18.5. The highest BCUT2D eigenvalue weighted by Gasteiger charge is 2.06. The van der Waals surface area contributed by atoms with Crippen molar-refractivity contribution < 1.29 is 9.13 Å². The second-order valence-corrected chi connectivity index (χ2v) is 3.96. The van der Waals surface area contributed by atoms with Crippen LogP contribution >= 0.6 is 11.6 Å². The van der Waals surface area contributed by atoms with Crippen LogP contribution in [-0.2, 0) is 0 Å². The number of ether oxygens (including phenoxy) is 1. The van der Waals surface area contributed by atoms with Crippen molar-refractivity contribution in [3.63, 3.8) is 0 Å². The molecule has 1 heterocycles. The molecule has 0 aliphatic rings. The highest BCUT2D eigenvalue weighted by atomic mass is 35.5. The van der Waals surface area contributed by atoms with Gasteiger partial charge in [-0.25, -0.2) is 9.37 Å². The van der Waals surface area contributed by atoms with Crippen LogP contribution in [0, 0.1) is 12.7 Å². The van der Waals surface area contributed by atoms with Gasteiger partial charge in [-0.15, -0.1) is 0 Å². The number of nitrogen functional groups attached to an aromatic ring is 1. The molecule has 2 rings (SSSR count). The SMILES string of the molecule is Cc1ccc(F)cc1Oc1cc(N)cc(Cl)n1. The van der Waals surface area contributed by atoms with Gasteiger partial charge in [0, 0.05) is 17.8 Å². The van der Waals surface area contributed by atoms with E-state index < -0.39 is 0 Å². The summed E-state index contributed by atoms with van der Waals surface area (Å²) in [7, 11) is 0. The van der Waals surface area contributed by atoms with E-state index in [1.165, 1.54) is 24.3 Å². The highest BCUT2D eigenvalue weighted by Crippen LogP contribution is 2.26. The molecule has 2 aromatic rings. The zero-order chi connectivity index (χ0) is 12.4. The molecule has 0 bridgehead atoms. The lowest BCUT2D eigenvalue weighted by molar-refractivity contribution is 0.455. The van der Waals surface area contributed by atoms with Gasteiger partial charge in [0.05, 0.1) is 0 Å². The van der Waals surface area contributed by atoms with Crippen LogP contribution in [-0.4, -0.2) is 4.98 Å². The summed E-state index contributed by atoms with van der Waals surface area (Å²) in [4.78, 5) is 3.94. The maximum Gasteiger partial charge on any atom is 0.222 e. The molecule has 0 saturated carbocycles. The minimum Gasteiger partial charge on any atom is -0.439 e. The molecule has 5 heteroatoms. The molecule has 0 aliphatic carbocycles. The lowest BCUT2D eigenvalue weighted by Crippen LogP contribution is -1.94. The molecular weight excluding hydrogens is 243 g/mol. The smallest absolute Gasteiger partial charge is 0.222 e. The second-order valence-electron chi connectivity index (χ2n) is 3.57. The van der Waals surface area contributed by atoms with Gasteiger partial charge in [-0.3, -0.25) is 0 Å². The van der Waals surface area contributed by atoms with Gasteiger partial charge in [0.25, 0.3) is 0 Å². The maximum atomic E-state index is 13.1. The Morgan fingerprint density at radius 1 is 1.29 bits per heavy atom. The molecule has 0 spiro atoms. The van der Waals surface area contributed by atoms with Crippen molar-refractivity contribution in [2.24, 2.45) is 0 Å². The molecule has 0 atom stereocenters. The standard InChI is InChI=1S/C12H10ClFN2O/c1-7-2-3-8(14)4-10(7)17-12-6-9(15)5-11(13)16-12/h2-6H,1H3,(H2,15,16). The molecule has 17 heavy (non-hydrogen) atoms. The maximum absolute atomic E-state index is 13.1. The van der Waals surface area contributed by atoms with Crippen LogP contribution in [0.2, 0.25) is 5.15 Å². The fourth-order valence-electron chi connectivity index (χ4n) is 1.34. The van der Waals surface area contributed by atoms with Crippen LogP contribution < -0.4 is 10.5 Å². The van der Waals surface area contributed by atoms with Crippen molar-refractivity contribution in [3.8, 4) is 11.6 Å². The van der Waals surface area contributed by atoms with Crippen LogP contribution in [0.4, 0.5) is 10.1 Å². The number of rotatable bonds is 2. The van der Waals surface area contributed by atoms with Gasteiger partial charge < -0.3 is 10.5 Å². The Kier molecular flexibility index (Phi) is 3.15. The molecule has 1 aromatic carbocycles. The van der Waals surface area contributed by atoms with E-state index in [0.717, 1.165) is 5.56 Å². The van der Waals surface area contributed by atoms with E-state index in [-0.39, 0.29) is 16.9 Å². The monoisotopic (exact) mass is 252 g/mol. The van der Waals surface area contributed by atoms with Gasteiger partial charge in [-0.2, -0.15) is 0 Å². The van der Waals surface area contributed by atoms with Crippen molar-refractivity contribution in [1.82, 2.24) is 4.98 Å². The van der Waals surface area contributed by atoms with E-state index in [2.05, 4.69) is 4.98 Å². The average Bonchev–Trinajstić information content (AvgIpc) is 2.22. The summed E-state index contributed by atoms with van der Waals surface area (Å²) in [5.41, 5.74) is 6.84. The molecule has 0 unspecified atom stereocenters. The summed E-state index contributed by atoms with van der Waals surface area (Å²) in [5, 5.41) is 0.231. The Morgan fingerprint density at radius 2 is 2.06 bits per heavy atom. The van der Waals surface area contributed by atoms with Crippen LogP contribution in [0.1, 0.15) is 5.56 Å². The molecule has 88 valence electrons. The molecule has 1 aromatic heterocycles. The van der Waals surface area contributed by atoms with Crippen molar-refractivity contribution in [3.05, 3.63) is 46.9 Å². The third kappa shape index (κ3) is 2.85. The van der Waals surface area contributed by atoms with Crippen LogP contribution in [0.15, 0.2) is 30.3 Å². The number of aryl methyl sites for hydroxylation is 1. The van der Waals surface area contributed by atoms with Gasteiger partial charge in [-0.1, -0.05) is 17.7 Å². The first-order valence-corrected chi connectivity index (χ1v) is 5.29. The van der Waals surface area contributed by atoms with E-state index in [0.29, 0.717) is 11.4 Å². The van der Waals surface area contributed by atoms with Crippen molar-refractivity contribution >= 4 is 17.3 Å². The molecule has 0 aliphatic heterocycles. The minimum absolute atomic E-state index is 0.231. The Bertz CT molecular complexity index is 540. The lowest BCUT2D eigenvalue weighted by Gasteiger charge is -2.08. The summed E-state index contributed by atoms with van der Waals surface area (Å²) in [6.07, 6.45) is 0. The first kappa shape index (κ1) is 11.7. The molecule has 0 radical (unpaired) electrons. The van der Waals surface area contributed by atoms with Crippen molar-refractivity contribution in [1.29, 1.82) is 0 Å². The molecule has 0 saturated heterocycles. The van der Waals surface area contributed by atoms with E-state index in [1.807, 2.05) is 6.92 Å². The third-order valence-electron chi connectivity index (χ3n) is 2.16. The molecule has 3 nitrogen and oxygen atoms in total. The van der Waals surface area contributed by atoms with Gasteiger partial charge in [-0.05, 0) is 24.6 Å². The molecule has 2 N–H and O–H groups in total. The van der Waals surface area contributed by atoms with Gasteiger partial charge in [0.15, 0.2) is 0 Å². The summed E-state index contributed by atoms with van der Waals surface area (Å²) >= 11 is 5.74. The first-order chi connectivity index (χ1) is 8.04. The minimum atomic E-state index is -0.374. The summed E-state index contributed by atoms with van der Waals surface area (Å²) in [5.74, 6) is 0.253. The van der Waals surface area contributed by atoms with E-state index in [1.54, 1.807) is 6.07 Å². The van der Waals surface area contributed by atoms with Crippen molar-refractivity contribution in [2.45, 2.75) is 6.92 Å². The summed E-state index contributed by atoms with van der Waals surface area (Å²) in [6.45, 7) is 1.81. The normalized spacial score (nSPS) is 10.3. The van der Waals surface area contributed by atoms with Crippen LogP contribution in [0.5, 0.6) is 11.6 Å². The summed E-state index contributed by atoms with van der Waals surface area (Å²) in [6, 6.07) is 7.30. The Balaban J connectivity index is 2.34. The molecular formula is C12H10ClFN2O. The predicted molar refractivity (Wildman–Crippen MR) is 64.9 cm³/mol. The average molecular weight is 253 g/mol. The Labute approximate surface area is 103 Å². The number of nitrogens with zero attached hydrogens (tertiary/aromatic N) is 1.